The SMILES string of the molecule is CCNc1cc(NCc2scnc2C)cc([N+](=O)[O-])c1. The van der Waals surface area contributed by atoms with E-state index in [1.165, 1.54) is 12.1 Å². The quantitative estimate of drug-likeness (QED) is 0.630. The number of hydrogen-bond acceptors (Lipinski definition) is 6. The van der Waals surface area contributed by atoms with Crippen molar-refractivity contribution in [3.8, 4) is 0 Å². The fourth-order valence-electron chi connectivity index (χ4n) is 1.80. The summed E-state index contributed by atoms with van der Waals surface area (Å²) in [7, 11) is 0. The zero-order chi connectivity index (χ0) is 14.5. The molecule has 0 fully saturated rings. The molecule has 6 nitrogen and oxygen atoms in total. The summed E-state index contributed by atoms with van der Waals surface area (Å²) in [6, 6.07) is 4.94. The number of nitrogens with one attached hydrogen (secondary N) is 2. The van der Waals surface area contributed by atoms with E-state index in [2.05, 4.69) is 15.6 Å². The molecule has 1 heterocycles. The van der Waals surface area contributed by atoms with Gasteiger partial charge < -0.3 is 10.6 Å². The number of nitrogens with zero attached hydrogens (tertiary/aromatic N) is 2. The van der Waals surface area contributed by atoms with E-state index in [-0.39, 0.29) is 10.6 Å². The molecule has 106 valence electrons. The Bertz CT molecular complexity index is 612. The summed E-state index contributed by atoms with van der Waals surface area (Å²) in [6.07, 6.45) is 0. The number of non-ortho nitro benzene ring substituents is 1. The highest BCUT2D eigenvalue weighted by atomic mass is 32.1. The third kappa shape index (κ3) is 3.45. The van der Waals surface area contributed by atoms with Gasteiger partial charge in [-0.1, -0.05) is 0 Å². The molecule has 1 aromatic heterocycles. The third-order valence-electron chi connectivity index (χ3n) is 2.81. The fourth-order valence-corrected chi connectivity index (χ4v) is 2.52. The molecule has 20 heavy (non-hydrogen) atoms. The van der Waals surface area contributed by atoms with Gasteiger partial charge in [0, 0.05) is 34.9 Å². The molecular formula is C13H16N4O2S. The van der Waals surface area contributed by atoms with E-state index in [0.717, 1.165) is 21.9 Å². The fraction of sp³-hybridized carbons (Fsp3) is 0.308. The Hall–Kier alpha value is -2.15. The van der Waals surface area contributed by atoms with Gasteiger partial charge in [0.25, 0.3) is 5.69 Å². The molecule has 0 aliphatic carbocycles. The monoisotopic (exact) mass is 292 g/mol. The first-order valence-corrected chi connectivity index (χ1v) is 7.14. The van der Waals surface area contributed by atoms with Gasteiger partial charge in [-0.3, -0.25) is 10.1 Å². The molecule has 0 saturated heterocycles. The highest BCUT2D eigenvalue weighted by Crippen LogP contribution is 2.25. The molecule has 2 N–H and O–H groups in total. The van der Waals surface area contributed by atoms with E-state index in [0.29, 0.717) is 13.1 Å². The van der Waals surface area contributed by atoms with E-state index >= 15 is 0 Å². The van der Waals surface area contributed by atoms with Crippen LogP contribution in [-0.4, -0.2) is 16.5 Å². The smallest absolute Gasteiger partial charge is 0.273 e. The summed E-state index contributed by atoms with van der Waals surface area (Å²) in [4.78, 5) is 15.9. The number of nitro benzene ring substituents is 1. The Kier molecular flexibility index (Phi) is 4.52. The minimum absolute atomic E-state index is 0.0759. The molecule has 2 rings (SSSR count). The van der Waals surface area contributed by atoms with Crippen LogP contribution in [0.3, 0.4) is 0 Å². The first-order chi connectivity index (χ1) is 9.60. The molecule has 0 unspecified atom stereocenters. The van der Waals surface area contributed by atoms with Gasteiger partial charge in [0.15, 0.2) is 0 Å². The van der Waals surface area contributed by atoms with Crippen molar-refractivity contribution < 1.29 is 4.92 Å². The minimum Gasteiger partial charge on any atom is -0.385 e. The van der Waals surface area contributed by atoms with Gasteiger partial charge >= 0.3 is 0 Å². The Morgan fingerprint density at radius 2 is 2.00 bits per heavy atom. The average Bonchev–Trinajstić information content (AvgIpc) is 2.82. The minimum atomic E-state index is -0.385. The van der Waals surface area contributed by atoms with Crippen molar-refractivity contribution in [3.63, 3.8) is 0 Å². The topological polar surface area (TPSA) is 80.1 Å². The van der Waals surface area contributed by atoms with E-state index in [1.54, 1.807) is 16.8 Å². The standard InChI is InChI=1S/C13H16N4O2S/c1-3-14-10-4-11(6-12(5-10)17(18)19)15-7-13-9(2)16-8-20-13/h4-6,8,14-15H,3,7H2,1-2H3. The van der Waals surface area contributed by atoms with Crippen molar-refractivity contribution in [2.75, 3.05) is 17.2 Å². The predicted molar refractivity (Wildman–Crippen MR) is 81.4 cm³/mol. The Balaban J connectivity index is 2.17. The summed E-state index contributed by atoms with van der Waals surface area (Å²) in [5, 5.41) is 17.2. The highest BCUT2D eigenvalue weighted by molar-refractivity contribution is 7.09. The number of anilines is 2. The molecule has 1 aromatic carbocycles. The summed E-state index contributed by atoms with van der Waals surface area (Å²) in [6.45, 7) is 5.23. The Labute approximate surface area is 121 Å². The predicted octanol–water partition coefficient (Wildman–Crippen LogP) is 3.40. The van der Waals surface area contributed by atoms with Crippen LogP contribution in [0.4, 0.5) is 17.1 Å². The maximum atomic E-state index is 10.9. The number of rotatable bonds is 6. The number of benzene rings is 1. The lowest BCUT2D eigenvalue weighted by atomic mass is 10.2. The van der Waals surface area contributed by atoms with Gasteiger partial charge in [-0.25, -0.2) is 4.98 Å². The largest absolute Gasteiger partial charge is 0.385 e. The first kappa shape index (κ1) is 14.3. The second-order valence-corrected chi connectivity index (χ2v) is 5.21. The third-order valence-corrected chi connectivity index (χ3v) is 3.74. The molecule has 0 aliphatic heterocycles. The van der Waals surface area contributed by atoms with Crippen molar-refractivity contribution in [1.29, 1.82) is 0 Å². The van der Waals surface area contributed by atoms with E-state index in [1.807, 2.05) is 19.9 Å². The van der Waals surface area contributed by atoms with Crippen LogP contribution >= 0.6 is 11.3 Å². The van der Waals surface area contributed by atoms with Crippen LogP contribution < -0.4 is 10.6 Å². The first-order valence-electron chi connectivity index (χ1n) is 6.26. The van der Waals surface area contributed by atoms with Gasteiger partial charge in [-0.15, -0.1) is 11.3 Å². The van der Waals surface area contributed by atoms with Gasteiger partial charge in [0.05, 0.1) is 22.7 Å². The molecule has 0 bridgehead atoms. The zero-order valence-electron chi connectivity index (χ0n) is 11.3. The van der Waals surface area contributed by atoms with E-state index < -0.39 is 0 Å². The lowest BCUT2D eigenvalue weighted by molar-refractivity contribution is -0.384. The number of thiazole rings is 1. The summed E-state index contributed by atoms with van der Waals surface area (Å²) < 4.78 is 0. The van der Waals surface area contributed by atoms with Crippen molar-refractivity contribution in [2.45, 2.75) is 20.4 Å². The van der Waals surface area contributed by atoms with E-state index in [9.17, 15) is 10.1 Å². The van der Waals surface area contributed by atoms with Crippen LogP contribution in [0, 0.1) is 17.0 Å². The lowest BCUT2D eigenvalue weighted by Crippen LogP contribution is -2.03. The van der Waals surface area contributed by atoms with Crippen molar-refractivity contribution in [2.24, 2.45) is 0 Å². The zero-order valence-corrected chi connectivity index (χ0v) is 12.2. The average molecular weight is 292 g/mol. The molecule has 0 atom stereocenters. The van der Waals surface area contributed by atoms with Crippen LogP contribution in [-0.2, 0) is 6.54 Å². The van der Waals surface area contributed by atoms with Crippen LogP contribution in [0.5, 0.6) is 0 Å². The molecule has 0 saturated carbocycles. The summed E-state index contributed by atoms with van der Waals surface area (Å²) in [5.74, 6) is 0. The second kappa shape index (κ2) is 6.33. The van der Waals surface area contributed by atoms with Crippen LogP contribution in [0.2, 0.25) is 0 Å². The molecular weight excluding hydrogens is 276 g/mol. The van der Waals surface area contributed by atoms with Gasteiger partial charge in [0.1, 0.15) is 0 Å². The molecule has 7 heteroatoms. The van der Waals surface area contributed by atoms with Gasteiger partial charge in [0.2, 0.25) is 0 Å². The summed E-state index contributed by atoms with van der Waals surface area (Å²) >= 11 is 1.57. The number of hydrogen-bond donors (Lipinski definition) is 2. The molecule has 0 radical (unpaired) electrons. The van der Waals surface area contributed by atoms with Crippen molar-refractivity contribution >= 4 is 28.4 Å². The normalized spacial score (nSPS) is 10.3. The number of aromatic nitrogens is 1. The van der Waals surface area contributed by atoms with Crippen LogP contribution in [0.25, 0.3) is 0 Å². The van der Waals surface area contributed by atoms with Gasteiger partial charge in [-0.2, -0.15) is 0 Å². The van der Waals surface area contributed by atoms with E-state index in [4.69, 9.17) is 0 Å². The molecule has 0 amide bonds. The van der Waals surface area contributed by atoms with Crippen molar-refractivity contribution in [3.05, 3.63) is 44.4 Å². The molecule has 0 aliphatic rings. The maximum absolute atomic E-state index is 10.9. The Morgan fingerprint density at radius 1 is 1.30 bits per heavy atom. The summed E-state index contributed by atoms with van der Waals surface area (Å²) in [5.41, 5.74) is 4.32. The van der Waals surface area contributed by atoms with Crippen LogP contribution in [0.15, 0.2) is 23.7 Å². The molecule has 2 aromatic rings. The van der Waals surface area contributed by atoms with Crippen molar-refractivity contribution in [1.82, 2.24) is 4.98 Å². The van der Waals surface area contributed by atoms with Gasteiger partial charge in [-0.05, 0) is 19.9 Å². The van der Waals surface area contributed by atoms with Crippen LogP contribution in [0.1, 0.15) is 17.5 Å². The Morgan fingerprint density at radius 3 is 2.55 bits per heavy atom. The highest BCUT2D eigenvalue weighted by Gasteiger charge is 2.10. The maximum Gasteiger partial charge on any atom is 0.273 e. The second-order valence-electron chi connectivity index (χ2n) is 4.27. The number of aryl methyl sites for hydroxylation is 1. The molecule has 0 spiro atoms. The lowest BCUT2D eigenvalue weighted by Gasteiger charge is -2.09. The number of nitro groups is 1.